The number of hydrogen-bond acceptors (Lipinski definition) is 4. The van der Waals surface area contributed by atoms with Crippen molar-refractivity contribution in [3.8, 4) is 0 Å². The molecule has 0 bridgehead atoms. The van der Waals surface area contributed by atoms with Crippen LogP contribution in [-0.4, -0.2) is 23.5 Å². The van der Waals surface area contributed by atoms with Crippen LogP contribution in [0, 0.1) is 0 Å². The number of carbonyl (C=O) groups is 1. The number of carbonyl (C=O) groups excluding carboxylic acids is 1. The van der Waals surface area contributed by atoms with Gasteiger partial charge in [0, 0.05) is 11.1 Å². The van der Waals surface area contributed by atoms with E-state index in [1.54, 1.807) is 11.3 Å². The van der Waals surface area contributed by atoms with Gasteiger partial charge in [-0.1, -0.05) is 6.92 Å². The predicted molar refractivity (Wildman–Crippen MR) is 61.1 cm³/mol. The first-order valence-electron chi connectivity index (χ1n) is 5.28. The van der Waals surface area contributed by atoms with Gasteiger partial charge < -0.3 is 10.6 Å². The lowest BCUT2D eigenvalue weighted by atomic mass is 10.2. The molecule has 0 saturated carbocycles. The van der Waals surface area contributed by atoms with Gasteiger partial charge in [0.1, 0.15) is 0 Å². The van der Waals surface area contributed by atoms with Crippen LogP contribution in [0.1, 0.15) is 24.6 Å². The van der Waals surface area contributed by atoms with Crippen LogP contribution in [0.2, 0.25) is 0 Å². The van der Waals surface area contributed by atoms with E-state index in [-0.39, 0.29) is 11.9 Å². The summed E-state index contributed by atoms with van der Waals surface area (Å²) in [6.45, 7) is 3.02. The average Bonchev–Trinajstić information content (AvgIpc) is 2.87. The number of rotatable bonds is 3. The summed E-state index contributed by atoms with van der Waals surface area (Å²) >= 11 is 1.55. The molecule has 1 unspecified atom stereocenters. The van der Waals surface area contributed by atoms with Gasteiger partial charge in [0.2, 0.25) is 5.91 Å². The van der Waals surface area contributed by atoms with Crippen molar-refractivity contribution in [2.45, 2.75) is 32.2 Å². The molecule has 1 aromatic heterocycles. The van der Waals surface area contributed by atoms with Gasteiger partial charge in [-0.25, -0.2) is 4.98 Å². The first kappa shape index (κ1) is 10.6. The Balaban J connectivity index is 1.92. The fourth-order valence-electron chi connectivity index (χ4n) is 1.63. The largest absolute Gasteiger partial charge is 0.306 e. The van der Waals surface area contributed by atoms with Crippen LogP contribution < -0.4 is 10.6 Å². The van der Waals surface area contributed by atoms with Crippen LogP contribution in [0.25, 0.3) is 0 Å². The van der Waals surface area contributed by atoms with Crippen molar-refractivity contribution in [2.75, 3.05) is 11.9 Å². The molecule has 0 spiro atoms. The molecular weight excluding hydrogens is 210 g/mol. The Bertz CT molecular complexity index is 344. The van der Waals surface area contributed by atoms with Gasteiger partial charge in [-0.05, 0) is 25.8 Å². The number of nitrogens with zero attached hydrogens (tertiary/aromatic N) is 1. The Labute approximate surface area is 93.1 Å². The maximum absolute atomic E-state index is 11.7. The maximum atomic E-state index is 11.7. The number of hydrogen-bond donors (Lipinski definition) is 2. The maximum Gasteiger partial charge on any atom is 0.243 e. The minimum Gasteiger partial charge on any atom is -0.306 e. The van der Waals surface area contributed by atoms with Gasteiger partial charge in [0.15, 0.2) is 5.13 Å². The third kappa shape index (κ3) is 2.54. The summed E-state index contributed by atoms with van der Waals surface area (Å²) in [4.78, 5) is 17.1. The van der Waals surface area contributed by atoms with Gasteiger partial charge in [-0.3, -0.25) is 4.79 Å². The molecular formula is C10H15N3OS. The third-order valence-corrected chi connectivity index (χ3v) is 3.57. The summed E-state index contributed by atoms with van der Waals surface area (Å²) < 4.78 is 0. The number of thiazole rings is 1. The van der Waals surface area contributed by atoms with E-state index in [1.165, 1.54) is 4.88 Å². The van der Waals surface area contributed by atoms with E-state index < -0.39 is 0 Å². The first-order chi connectivity index (χ1) is 7.29. The van der Waals surface area contributed by atoms with E-state index in [4.69, 9.17) is 0 Å². The summed E-state index contributed by atoms with van der Waals surface area (Å²) in [6, 6.07) is -0.0287. The Hall–Kier alpha value is -0.940. The molecule has 1 amide bonds. The van der Waals surface area contributed by atoms with Crippen LogP contribution in [0.15, 0.2) is 6.20 Å². The fourth-order valence-corrected chi connectivity index (χ4v) is 2.38. The zero-order valence-electron chi connectivity index (χ0n) is 8.75. The van der Waals surface area contributed by atoms with Crippen LogP contribution in [0.3, 0.4) is 0 Å². The molecule has 5 heteroatoms. The fraction of sp³-hybridized carbons (Fsp3) is 0.600. The van der Waals surface area contributed by atoms with Crippen LogP contribution in [0.5, 0.6) is 0 Å². The summed E-state index contributed by atoms with van der Waals surface area (Å²) in [5.41, 5.74) is 0. The molecule has 15 heavy (non-hydrogen) atoms. The smallest absolute Gasteiger partial charge is 0.243 e. The highest BCUT2D eigenvalue weighted by Gasteiger charge is 2.22. The summed E-state index contributed by atoms with van der Waals surface area (Å²) in [5.74, 6) is 0.0458. The highest BCUT2D eigenvalue weighted by molar-refractivity contribution is 7.15. The molecule has 1 aliphatic rings. The van der Waals surface area contributed by atoms with E-state index in [9.17, 15) is 4.79 Å². The molecule has 0 aliphatic carbocycles. The van der Waals surface area contributed by atoms with Gasteiger partial charge in [0.25, 0.3) is 0 Å². The van der Waals surface area contributed by atoms with Crippen molar-refractivity contribution in [2.24, 2.45) is 0 Å². The van der Waals surface area contributed by atoms with Crippen LogP contribution >= 0.6 is 11.3 Å². The van der Waals surface area contributed by atoms with Crippen molar-refractivity contribution < 1.29 is 4.79 Å². The van der Waals surface area contributed by atoms with Crippen LogP contribution in [0.4, 0.5) is 5.13 Å². The summed E-state index contributed by atoms with van der Waals surface area (Å²) in [5, 5.41) is 6.72. The third-order valence-electron chi connectivity index (χ3n) is 2.51. The molecule has 1 fully saturated rings. The summed E-state index contributed by atoms with van der Waals surface area (Å²) in [6.07, 6.45) is 4.80. The molecule has 4 nitrogen and oxygen atoms in total. The Kier molecular flexibility index (Phi) is 3.33. The van der Waals surface area contributed by atoms with E-state index in [0.29, 0.717) is 5.13 Å². The van der Waals surface area contributed by atoms with Gasteiger partial charge in [0.05, 0.1) is 6.04 Å². The van der Waals surface area contributed by atoms with E-state index in [0.717, 1.165) is 25.8 Å². The zero-order chi connectivity index (χ0) is 10.7. The highest BCUT2D eigenvalue weighted by atomic mass is 32.1. The van der Waals surface area contributed by atoms with Crippen molar-refractivity contribution in [3.63, 3.8) is 0 Å². The Morgan fingerprint density at radius 3 is 3.27 bits per heavy atom. The predicted octanol–water partition coefficient (Wildman–Crippen LogP) is 1.40. The molecule has 2 heterocycles. The summed E-state index contributed by atoms with van der Waals surface area (Å²) in [7, 11) is 0. The monoisotopic (exact) mass is 225 g/mol. The van der Waals surface area contributed by atoms with Gasteiger partial charge in [-0.15, -0.1) is 11.3 Å². The van der Waals surface area contributed by atoms with Crippen molar-refractivity contribution in [1.82, 2.24) is 10.3 Å². The minimum absolute atomic E-state index is 0.0287. The average molecular weight is 225 g/mol. The van der Waals surface area contributed by atoms with Gasteiger partial charge in [-0.2, -0.15) is 0 Å². The Morgan fingerprint density at radius 1 is 1.80 bits per heavy atom. The molecule has 2 rings (SSSR count). The highest BCUT2D eigenvalue weighted by Crippen LogP contribution is 2.19. The Morgan fingerprint density at radius 2 is 2.67 bits per heavy atom. The number of nitrogens with one attached hydrogen (secondary N) is 2. The molecule has 0 radical (unpaired) electrons. The number of aromatic nitrogens is 1. The molecule has 1 aliphatic heterocycles. The number of anilines is 1. The van der Waals surface area contributed by atoms with E-state index in [2.05, 4.69) is 22.5 Å². The topological polar surface area (TPSA) is 54.0 Å². The lowest BCUT2D eigenvalue weighted by Crippen LogP contribution is -2.35. The van der Waals surface area contributed by atoms with Crippen molar-refractivity contribution in [3.05, 3.63) is 11.1 Å². The second-order valence-electron chi connectivity index (χ2n) is 3.62. The van der Waals surface area contributed by atoms with Crippen LogP contribution in [-0.2, 0) is 11.2 Å². The lowest BCUT2D eigenvalue weighted by molar-refractivity contribution is -0.117. The SMILES string of the molecule is CCc1cnc(NC(=O)C2CCCN2)s1. The standard InChI is InChI=1S/C10H15N3OS/c1-2-7-6-12-10(15-7)13-9(14)8-4-3-5-11-8/h6,8,11H,2-5H2,1H3,(H,12,13,14). The molecule has 0 aromatic carbocycles. The van der Waals surface area contributed by atoms with Gasteiger partial charge >= 0.3 is 0 Å². The lowest BCUT2D eigenvalue weighted by Gasteiger charge is -2.08. The first-order valence-corrected chi connectivity index (χ1v) is 6.10. The quantitative estimate of drug-likeness (QED) is 0.817. The molecule has 1 saturated heterocycles. The molecule has 1 aromatic rings. The second-order valence-corrected chi connectivity index (χ2v) is 4.74. The molecule has 82 valence electrons. The normalized spacial score (nSPS) is 20.5. The van der Waals surface area contributed by atoms with Crippen molar-refractivity contribution >= 4 is 22.4 Å². The molecule has 2 N–H and O–H groups in total. The second kappa shape index (κ2) is 4.72. The minimum atomic E-state index is -0.0287. The number of aryl methyl sites for hydroxylation is 1. The van der Waals surface area contributed by atoms with E-state index >= 15 is 0 Å². The van der Waals surface area contributed by atoms with E-state index in [1.807, 2.05) is 6.20 Å². The zero-order valence-corrected chi connectivity index (χ0v) is 9.56. The van der Waals surface area contributed by atoms with Crippen molar-refractivity contribution in [1.29, 1.82) is 0 Å². The number of amides is 1. The molecule has 1 atom stereocenters.